The third-order valence-electron chi connectivity index (χ3n) is 4.47. The third-order valence-corrected chi connectivity index (χ3v) is 4.47. The van der Waals surface area contributed by atoms with Gasteiger partial charge in [0.25, 0.3) is 0 Å². The molecule has 0 saturated carbocycles. The minimum absolute atomic E-state index is 0. The molecule has 0 radical (unpaired) electrons. The molecule has 0 atom stereocenters. The van der Waals surface area contributed by atoms with Gasteiger partial charge in [0.2, 0.25) is 0 Å². The number of anilines is 1. The van der Waals surface area contributed by atoms with Crippen LogP contribution in [0.5, 0.6) is 11.5 Å². The lowest BCUT2D eigenvalue weighted by Crippen LogP contribution is -2.40. The van der Waals surface area contributed by atoms with E-state index < -0.39 is 0 Å². The lowest BCUT2D eigenvalue weighted by Gasteiger charge is -2.22. The first kappa shape index (κ1) is 22.3. The number of ether oxygens (including phenoxy) is 2. The van der Waals surface area contributed by atoms with E-state index in [0.29, 0.717) is 18.0 Å². The van der Waals surface area contributed by atoms with Crippen molar-refractivity contribution < 1.29 is 14.6 Å². The molecule has 2 N–H and O–H groups in total. The Morgan fingerprint density at radius 3 is 2.79 bits per heavy atom. The first-order valence-electron chi connectivity index (χ1n) is 9.31. The van der Waals surface area contributed by atoms with E-state index >= 15 is 0 Å². The second-order valence-corrected chi connectivity index (χ2v) is 6.26. The molecule has 2 aromatic rings. The number of methoxy groups -OCH3 is 1. The van der Waals surface area contributed by atoms with E-state index in [4.69, 9.17) is 19.6 Å². The lowest BCUT2D eigenvalue weighted by molar-refractivity contribution is 0.196. The van der Waals surface area contributed by atoms with Gasteiger partial charge in [-0.15, -0.1) is 24.0 Å². The van der Waals surface area contributed by atoms with Crippen molar-refractivity contribution >= 4 is 35.6 Å². The molecule has 0 unspecified atom stereocenters. The Morgan fingerprint density at radius 1 is 1.21 bits per heavy atom. The Kier molecular flexibility index (Phi) is 8.85. The van der Waals surface area contributed by atoms with E-state index in [-0.39, 0.29) is 37.2 Å². The molecule has 28 heavy (non-hydrogen) atoms. The summed E-state index contributed by atoms with van der Waals surface area (Å²) in [4.78, 5) is 7.07. The maximum Gasteiger partial charge on any atom is 0.198 e. The van der Waals surface area contributed by atoms with E-state index in [2.05, 4.69) is 41.4 Å². The van der Waals surface area contributed by atoms with Crippen LogP contribution in [0.4, 0.5) is 5.69 Å². The van der Waals surface area contributed by atoms with Crippen LogP contribution >= 0.6 is 24.0 Å². The average Bonchev–Trinajstić information content (AvgIpc) is 3.14. The number of para-hydroxylation sites is 1. The summed E-state index contributed by atoms with van der Waals surface area (Å²) in [5, 5.41) is 12.3. The number of aliphatic hydroxyl groups is 1. The van der Waals surface area contributed by atoms with Crippen molar-refractivity contribution in [2.24, 2.45) is 4.99 Å². The summed E-state index contributed by atoms with van der Waals surface area (Å²) in [6.07, 6.45) is 1.03. The maximum absolute atomic E-state index is 8.92. The number of aliphatic hydroxyl groups excluding tert-OH is 1. The zero-order chi connectivity index (χ0) is 19.1. The zero-order valence-corrected chi connectivity index (χ0v) is 18.7. The van der Waals surface area contributed by atoms with Crippen LogP contribution in [0.25, 0.3) is 0 Å². The molecule has 0 aromatic heterocycles. The molecule has 0 aliphatic carbocycles. The smallest absolute Gasteiger partial charge is 0.198 e. The molecule has 0 bridgehead atoms. The van der Waals surface area contributed by atoms with Gasteiger partial charge in [0.05, 0.1) is 20.3 Å². The number of hydrogen-bond donors (Lipinski definition) is 2. The minimum atomic E-state index is -0.0292. The Balaban J connectivity index is 0.00000280. The third kappa shape index (κ3) is 5.29. The van der Waals surface area contributed by atoms with Gasteiger partial charge in [0, 0.05) is 18.8 Å². The van der Waals surface area contributed by atoms with E-state index in [1.165, 1.54) is 11.3 Å². The second-order valence-electron chi connectivity index (χ2n) is 6.26. The van der Waals surface area contributed by atoms with E-state index in [0.717, 1.165) is 31.0 Å². The van der Waals surface area contributed by atoms with Gasteiger partial charge < -0.3 is 24.8 Å². The zero-order valence-electron chi connectivity index (χ0n) is 16.4. The van der Waals surface area contributed by atoms with Crippen molar-refractivity contribution in [3.05, 3.63) is 53.6 Å². The van der Waals surface area contributed by atoms with Gasteiger partial charge in [-0.1, -0.05) is 24.3 Å². The summed E-state index contributed by atoms with van der Waals surface area (Å²) in [6.45, 7) is 4.58. The first-order valence-corrected chi connectivity index (χ1v) is 9.31. The molecule has 1 aliphatic rings. The highest BCUT2D eigenvalue weighted by Gasteiger charge is 2.22. The molecule has 1 aliphatic heterocycles. The van der Waals surface area contributed by atoms with Crippen molar-refractivity contribution in [2.75, 3.05) is 38.3 Å². The summed E-state index contributed by atoms with van der Waals surface area (Å²) in [6, 6.07) is 14.2. The number of fused-ring (bicyclic) bond motifs is 1. The number of rotatable bonds is 7. The largest absolute Gasteiger partial charge is 0.493 e. The molecule has 6 nitrogen and oxygen atoms in total. The fraction of sp³-hybridized carbons (Fsp3) is 0.381. The topological polar surface area (TPSA) is 66.3 Å². The number of nitrogens with one attached hydrogen (secondary N) is 1. The fourth-order valence-corrected chi connectivity index (χ4v) is 3.20. The minimum Gasteiger partial charge on any atom is -0.493 e. The van der Waals surface area contributed by atoms with E-state index in [1.807, 2.05) is 18.2 Å². The number of aliphatic imine (C=N–C) groups is 1. The number of benzene rings is 2. The number of halogens is 1. The molecule has 7 heteroatoms. The Morgan fingerprint density at radius 2 is 2.04 bits per heavy atom. The van der Waals surface area contributed by atoms with Crippen molar-refractivity contribution in [1.82, 2.24) is 5.32 Å². The predicted molar refractivity (Wildman–Crippen MR) is 123 cm³/mol. The Labute approximate surface area is 183 Å². The van der Waals surface area contributed by atoms with Crippen LogP contribution in [0.1, 0.15) is 18.1 Å². The summed E-state index contributed by atoms with van der Waals surface area (Å²) in [5.74, 6) is 2.16. The summed E-state index contributed by atoms with van der Waals surface area (Å²) in [7, 11) is 1.61. The van der Waals surface area contributed by atoms with Gasteiger partial charge in [0.15, 0.2) is 17.5 Å². The van der Waals surface area contributed by atoms with Gasteiger partial charge in [-0.05, 0) is 42.7 Å². The Bertz CT molecular complexity index is 798. The Hall–Kier alpha value is -2.00. The highest BCUT2D eigenvalue weighted by atomic mass is 127. The molecule has 3 rings (SSSR count). The highest BCUT2D eigenvalue weighted by molar-refractivity contribution is 14.0. The van der Waals surface area contributed by atoms with Gasteiger partial charge >= 0.3 is 0 Å². The highest BCUT2D eigenvalue weighted by Crippen LogP contribution is 2.29. The van der Waals surface area contributed by atoms with Gasteiger partial charge in [-0.3, -0.25) is 0 Å². The molecule has 0 spiro atoms. The van der Waals surface area contributed by atoms with Crippen LogP contribution in [-0.2, 0) is 13.0 Å². The van der Waals surface area contributed by atoms with E-state index in [9.17, 15) is 0 Å². The van der Waals surface area contributed by atoms with Crippen molar-refractivity contribution in [2.45, 2.75) is 19.9 Å². The molecule has 1 heterocycles. The van der Waals surface area contributed by atoms with Crippen LogP contribution in [0.15, 0.2) is 47.5 Å². The number of hydrogen-bond acceptors (Lipinski definition) is 4. The molecule has 0 amide bonds. The van der Waals surface area contributed by atoms with Crippen molar-refractivity contribution in [3.63, 3.8) is 0 Å². The van der Waals surface area contributed by atoms with Gasteiger partial charge in [-0.2, -0.15) is 0 Å². The summed E-state index contributed by atoms with van der Waals surface area (Å²) >= 11 is 0. The average molecular weight is 497 g/mol. The second kappa shape index (κ2) is 11.1. The van der Waals surface area contributed by atoms with Crippen molar-refractivity contribution in [3.8, 4) is 11.5 Å². The lowest BCUT2D eigenvalue weighted by atomic mass is 10.2. The summed E-state index contributed by atoms with van der Waals surface area (Å²) < 4.78 is 10.9. The quantitative estimate of drug-likeness (QED) is 0.350. The van der Waals surface area contributed by atoms with Gasteiger partial charge in [-0.25, -0.2) is 4.99 Å². The SMILES string of the molecule is CCNC(=NCc1ccc(OCCO)c(OC)c1)N1CCc2ccccc21.I. The number of guanidine groups is 1. The summed E-state index contributed by atoms with van der Waals surface area (Å²) in [5.41, 5.74) is 3.61. The monoisotopic (exact) mass is 497 g/mol. The molecule has 2 aromatic carbocycles. The standard InChI is InChI=1S/C21H27N3O3.HI/c1-3-22-21(24-11-10-17-6-4-5-7-18(17)24)23-15-16-8-9-19(27-13-12-25)20(14-16)26-2;/h4-9,14,25H,3,10-13,15H2,1-2H3,(H,22,23);1H. The van der Waals surface area contributed by atoms with E-state index in [1.54, 1.807) is 7.11 Å². The maximum atomic E-state index is 8.92. The van der Waals surface area contributed by atoms with Crippen LogP contribution in [-0.4, -0.2) is 44.5 Å². The van der Waals surface area contributed by atoms with Crippen LogP contribution in [0.2, 0.25) is 0 Å². The van der Waals surface area contributed by atoms with Crippen LogP contribution < -0.4 is 19.7 Å². The molecular formula is C21H28IN3O3. The van der Waals surface area contributed by atoms with Crippen LogP contribution in [0, 0.1) is 0 Å². The first-order chi connectivity index (χ1) is 13.3. The molecule has 0 fully saturated rings. The normalized spacial score (nSPS) is 13.0. The van der Waals surface area contributed by atoms with Gasteiger partial charge in [0.1, 0.15) is 6.61 Å². The molecule has 152 valence electrons. The predicted octanol–water partition coefficient (Wildman–Crippen LogP) is 3.21. The molecule has 0 saturated heterocycles. The van der Waals surface area contributed by atoms with Crippen LogP contribution in [0.3, 0.4) is 0 Å². The fourth-order valence-electron chi connectivity index (χ4n) is 3.20. The number of nitrogens with zero attached hydrogens (tertiary/aromatic N) is 2. The molecular weight excluding hydrogens is 469 g/mol. The van der Waals surface area contributed by atoms with Crippen molar-refractivity contribution in [1.29, 1.82) is 0 Å².